The molecule has 2 aromatic rings. The van der Waals surface area contributed by atoms with Crippen LogP contribution in [-0.4, -0.2) is 63.0 Å². The first-order valence-electron chi connectivity index (χ1n) is 10.4. The van der Waals surface area contributed by atoms with Gasteiger partial charge in [0.1, 0.15) is 12.4 Å². The molecular formula is C23H31FN4O2+2. The molecule has 0 aliphatic carbocycles. The summed E-state index contributed by atoms with van der Waals surface area (Å²) in [4.78, 5) is 29.0. The SMILES string of the molecule is Cc1ccccc1C[NH+]1CCN(C(=O)C[NH+](C)CC(=O)Nc2cccc(F)c2)CC1. The summed E-state index contributed by atoms with van der Waals surface area (Å²) in [5.41, 5.74) is 3.10. The fourth-order valence-corrected chi connectivity index (χ4v) is 3.80. The Kier molecular flexibility index (Phi) is 7.54. The summed E-state index contributed by atoms with van der Waals surface area (Å²) in [5, 5.41) is 2.67. The fourth-order valence-electron chi connectivity index (χ4n) is 3.80. The van der Waals surface area contributed by atoms with Gasteiger partial charge in [-0.3, -0.25) is 9.59 Å². The van der Waals surface area contributed by atoms with Gasteiger partial charge < -0.3 is 20.0 Å². The Morgan fingerprint density at radius 2 is 1.83 bits per heavy atom. The van der Waals surface area contributed by atoms with Crippen molar-refractivity contribution in [1.29, 1.82) is 0 Å². The molecule has 0 radical (unpaired) electrons. The molecule has 2 aromatic carbocycles. The number of carbonyl (C=O) groups is 2. The Labute approximate surface area is 177 Å². The second kappa shape index (κ2) is 10.3. The number of piperazine rings is 1. The zero-order chi connectivity index (χ0) is 21.5. The first-order valence-corrected chi connectivity index (χ1v) is 10.4. The number of amides is 2. The molecule has 1 saturated heterocycles. The van der Waals surface area contributed by atoms with E-state index in [0.717, 1.165) is 37.6 Å². The number of rotatable bonds is 7. The summed E-state index contributed by atoms with van der Waals surface area (Å²) in [5.74, 6) is -0.563. The van der Waals surface area contributed by atoms with Gasteiger partial charge in [0, 0.05) is 11.3 Å². The molecule has 1 atom stereocenters. The summed E-state index contributed by atoms with van der Waals surface area (Å²) in [6.07, 6.45) is 0. The lowest BCUT2D eigenvalue weighted by Crippen LogP contribution is -3.14. The van der Waals surface area contributed by atoms with Crippen molar-refractivity contribution in [3.63, 3.8) is 0 Å². The molecular weight excluding hydrogens is 383 g/mol. The zero-order valence-corrected chi connectivity index (χ0v) is 17.7. The molecule has 1 fully saturated rings. The highest BCUT2D eigenvalue weighted by Gasteiger charge is 2.26. The Morgan fingerprint density at radius 1 is 1.10 bits per heavy atom. The van der Waals surface area contributed by atoms with Crippen LogP contribution in [0.4, 0.5) is 10.1 Å². The minimum atomic E-state index is -0.396. The number of carbonyl (C=O) groups excluding carboxylic acids is 2. The Morgan fingerprint density at radius 3 is 2.53 bits per heavy atom. The van der Waals surface area contributed by atoms with E-state index >= 15 is 0 Å². The fraction of sp³-hybridized carbons (Fsp3) is 0.391. The molecule has 30 heavy (non-hydrogen) atoms. The Balaban J connectivity index is 1.40. The lowest BCUT2D eigenvalue weighted by Gasteiger charge is -2.32. The van der Waals surface area contributed by atoms with Gasteiger partial charge in [0.25, 0.3) is 11.8 Å². The van der Waals surface area contributed by atoms with E-state index in [1.165, 1.54) is 28.2 Å². The van der Waals surface area contributed by atoms with E-state index in [9.17, 15) is 14.0 Å². The Hall–Kier alpha value is -2.77. The highest BCUT2D eigenvalue weighted by Crippen LogP contribution is 2.08. The van der Waals surface area contributed by atoms with Gasteiger partial charge in [0.15, 0.2) is 13.1 Å². The van der Waals surface area contributed by atoms with Crippen molar-refractivity contribution in [3.05, 3.63) is 65.5 Å². The van der Waals surface area contributed by atoms with Crippen molar-refractivity contribution < 1.29 is 23.8 Å². The van der Waals surface area contributed by atoms with Crippen molar-refractivity contribution in [2.45, 2.75) is 13.5 Å². The van der Waals surface area contributed by atoms with Crippen LogP contribution >= 0.6 is 0 Å². The summed E-state index contributed by atoms with van der Waals surface area (Å²) < 4.78 is 13.2. The zero-order valence-electron chi connectivity index (χ0n) is 17.7. The van der Waals surface area contributed by atoms with Gasteiger partial charge in [-0.25, -0.2) is 4.39 Å². The number of halogens is 1. The van der Waals surface area contributed by atoms with Gasteiger partial charge in [0.05, 0.1) is 33.2 Å². The third-order valence-electron chi connectivity index (χ3n) is 5.55. The van der Waals surface area contributed by atoms with E-state index in [0.29, 0.717) is 5.69 Å². The molecule has 3 N–H and O–H groups in total. The molecule has 1 aliphatic rings. The molecule has 1 unspecified atom stereocenters. The molecule has 6 nitrogen and oxygen atoms in total. The number of aryl methyl sites for hydroxylation is 1. The molecule has 0 spiro atoms. The number of nitrogens with one attached hydrogen (secondary N) is 3. The van der Waals surface area contributed by atoms with Crippen LogP contribution in [0.5, 0.6) is 0 Å². The van der Waals surface area contributed by atoms with Gasteiger partial charge in [-0.1, -0.05) is 30.3 Å². The van der Waals surface area contributed by atoms with E-state index in [4.69, 9.17) is 0 Å². The van der Waals surface area contributed by atoms with Crippen LogP contribution in [0.2, 0.25) is 0 Å². The van der Waals surface area contributed by atoms with Crippen LogP contribution in [0.25, 0.3) is 0 Å². The molecule has 7 heteroatoms. The van der Waals surface area contributed by atoms with Gasteiger partial charge in [-0.05, 0) is 30.7 Å². The smallest absolute Gasteiger partial charge is 0.279 e. The van der Waals surface area contributed by atoms with Crippen molar-refractivity contribution in [1.82, 2.24) is 4.90 Å². The van der Waals surface area contributed by atoms with E-state index in [2.05, 4.69) is 36.5 Å². The number of likely N-dealkylation sites (N-methyl/N-ethyl adjacent to an activating group) is 1. The third kappa shape index (κ3) is 6.37. The predicted molar refractivity (Wildman–Crippen MR) is 114 cm³/mol. The number of nitrogens with zero attached hydrogens (tertiary/aromatic N) is 1. The van der Waals surface area contributed by atoms with Crippen molar-refractivity contribution in [2.75, 3.05) is 51.6 Å². The van der Waals surface area contributed by atoms with Crippen LogP contribution in [0, 0.1) is 12.7 Å². The molecule has 160 valence electrons. The van der Waals surface area contributed by atoms with Crippen LogP contribution < -0.4 is 15.1 Å². The third-order valence-corrected chi connectivity index (χ3v) is 5.55. The van der Waals surface area contributed by atoms with Crippen LogP contribution in [0.15, 0.2) is 48.5 Å². The lowest BCUT2D eigenvalue weighted by atomic mass is 10.1. The number of anilines is 1. The van der Waals surface area contributed by atoms with E-state index in [-0.39, 0.29) is 24.9 Å². The van der Waals surface area contributed by atoms with Gasteiger partial charge in [-0.2, -0.15) is 0 Å². The lowest BCUT2D eigenvalue weighted by molar-refractivity contribution is -0.917. The van der Waals surface area contributed by atoms with Gasteiger partial charge in [0.2, 0.25) is 0 Å². The summed E-state index contributed by atoms with van der Waals surface area (Å²) in [6.45, 7) is 6.88. The highest BCUT2D eigenvalue weighted by atomic mass is 19.1. The largest absolute Gasteiger partial charge is 0.328 e. The maximum atomic E-state index is 13.2. The summed E-state index contributed by atoms with van der Waals surface area (Å²) in [6, 6.07) is 14.2. The van der Waals surface area contributed by atoms with E-state index in [1.54, 1.807) is 12.1 Å². The highest BCUT2D eigenvalue weighted by molar-refractivity contribution is 5.91. The quantitative estimate of drug-likeness (QED) is 0.573. The van der Waals surface area contributed by atoms with Crippen molar-refractivity contribution in [2.24, 2.45) is 0 Å². The summed E-state index contributed by atoms with van der Waals surface area (Å²) in [7, 11) is 1.82. The molecule has 1 aliphatic heterocycles. The molecule has 0 saturated carbocycles. The average Bonchev–Trinajstić information content (AvgIpc) is 2.70. The maximum absolute atomic E-state index is 13.2. The summed E-state index contributed by atoms with van der Waals surface area (Å²) >= 11 is 0. The molecule has 1 heterocycles. The second-order valence-electron chi connectivity index (χ2n) is 8.10. The Bertz CT molecular complexity index is 881. The molecule has 0 bridgehead atoms. The van der Waals surface area contributed by atoms with Crippen molar-refractivity contribution >= 4 is 17.5 Å². The number of hydrogen-bond acceptors (Lipinski definition) is 2. The first kappa shape index (κ1) is 21.9. The second-order valence-corrected chi connectivity index (χ2v) is 8.10. The number of hydrogen-bond donors (Lipinski definition) is 3. The van der Waals surface area contributed by atoms with Crippen LogP contribution in [0.3, 0.4) is 0 Å². The van der Waals surface area contributed by atoms with Gasteiger partial charge in [-0.15, -0.1) is 0 Å². The molecule has 0 aromatic heterocycles. The predicted octanol–water partition coefficient (Wildman–Crippen LogP) is -0.485. The first-order chi connectivity index (χ1) is 14.4. The van der Waals surface area contributed by atoms with E-state index < -0.39 is 5.82 Å². The monoisotopic (exact) mass is 414 g/mol. The minimum Gasteiger partial charge on any atom is -0.328 e. The average molecular weight is 415 g/mol. The standard InChI is InChI=1S/C23H29FN4O2/c1-18-6-3-4-7-19(18)15-27-10-12-28(13-11-27)23(30)17-26(2)16-22(29)25-21-9-5-8-20(24)14-21/h3-9,14H,10-13,15-17H2,1-2H3,(H,25,29)/p+2. The van der Waals surface area contributed by atoms with E-state index in [1.807, 2.05) is 11.9 Å². The molecule has 2 amide bonds. The van der Waals surface area contributed by atoms with Crippen LogP contribution in [0.1, 0.15) is 11.1 Å². The molecule has 3 rings (SSSR count). The van der Waals surface area contributed by atoms with Gasteiger partial charge >= 0.3 is 0 Å². The maximum Gasteiger partial charge on any atom is 0.279 e. The topological polar surface area (TPSA) is 58.3 Å². The minimum absolute atomic E-state index is 0.0704. The number of quaternary nitrogens is 2. The van der Waals surface area contributed by atoms with Crippen molar-refractivity contribution in [3.8, 4) is 0 Å². The number of benzene rings is 2. The van der Waals surface area contributed by atoms with Crippen LogP contribution in [-0.2, 0) is 16.1 Å². The normalized spacial score (nSPS) is 15.6.